The van der Waals surface area contributed by atoms with E-state index < -0.39 is 0 Å². The minimum Gasteiger partial charge on any atom is -0.475 e. The fourth-order valence-electron chi connectivity index (χ4n) is 2.38. The number of fused-ring (bicyclic) bond motifs is 1. The Balaban J connectivity index is 1.97. The van der Waals surface area contributed by atoms with Crippen LogP contribution < -0.4 is 15.4 Å². The number of carbonyl (C=O) groups excluding carboxylic acids is 1. The number of H-pyrrole nitrogens is 1. The van der Waals surface area contributed by atoms with Crippen molar-refractivity contribution >= 4 is 51.9 Å². The number of carbonyl (C=O) groups is 1. The maximum absolute atomic E-state index is 12.4. The molecule has 1 amide bonds. The molecule has 0 fully saturated rings. The van der Waals surface area contributed by atoms with Crippen LogP contribution in [-0.4, -0.2) is 52.7 Å². The van der Waals surface area contributed by atoms with Gasteiger partial charge in [0, 0.05) is 26.0 Å². The van der Waals surface area contributed by atoms with Crippen molar-refractivity contribution in [3.63, 3.8) is 0 Å². The number of aromatic nitrogens is 4. The van der Waals surface area contributed by atoms with Crippen LogP contribution in [0.5, 0.6) is 5.88 Å². The van der Waals surface area contributed by atoms with Crippen molar-refractivity contribution < 1.29 is 14.3 Å². The van der Waals surface area contributed by atoms with Crippen LogP contribution in [-0.2, 0) is 4.74 Å². The Morgan fingerprint density at radius 2 is 1.96 bits per heavy atom. The predicted molar refractivity (Wildman–Crippen MR) is 107 cm³/mol. The van der Waals surface area contributed by atoms with E-state index in [0.717, 1.165) is 0 Å². The standard InChI is InChI=1S/C17H18Cl2N6O3/c1-3-21-15(26)9-6-12-14(24-16(9)28-5-4-27-2)25-17(22-12)23-13-10(18)7-20-8-11(13)19/h6-8H,3-5H2,1-2H3,(H,21,26)(H2,20,22,23,24,25). The van der Waals surface area contributed by atoms with Crippen LogP contribution in [0, 0.1) is 0 Å². The summed E-state index contributed by atoms with van der Waals surface area (Å²) >= 11 is 12.2. The van der Waals surface area contributed by atoms with Gasteiger partial charge in [-0.15, -0.1) is 0 Å². The Kier molecular flexibility index (Phi) is 6.50. The lowest BCUT2D eigenvalue weighted by atomic mass is 10.2. The summed E-state index contributed by atoms with van der Waals surface area (Å²) in [7, 11) is 1.56. The number of anilines is 2. The number of rotatable bonds is 8. The van der Waals surface area contributed by atoms with E-state index in [9.17, 15) is 4.79 Å². The van der Waals surface area contributed by atoms with Gasteiger partial charge in [0.05, 0.1) is 27.9 Å². The van der Waals surface area contributed by atoms with Gasteiger partial charge in [0.25, 0.3) is 5.91 Å². The second-order valence-electron chi connectivity index (χ2n) is 5.60. The average Bonchev–Trinajstić information content (AvgIpc) is 3.06. The number of hydrogen-bond acceptors (Lipinski definition) is 7. The molecule has 0 aliphatic carbocycles. The van der Waals surface area contributed by atoms with Gasteiger partial charge in [-0.1, -0.05) is 23.2 Å². The van der Waals surface area contributed by atoms with Gasteiger partial charge in [-0.2, -0.15) is 9.97 Å². The molecule has 11 heteroatoms. The zero-order valence-corrected chi connectivity index (χ0v) is 16.7. The molecular formula is C17H18Cl2N6O3. The summed E-state index contributed by atoms with van der Waals surface area (Å²) in [5.41, 5.74) is 1.66. The minimum absolute atomic E-state index is 0.175. The normalized spacial score (nSPS) is 10.9. The second-order valence-corrected chi connectivity index (χ2v) is 6.42. The van der Waals surface area contributed by atoms with Crippen LogP contribution in [0.1, 0.15) is 17.3 Å². The summed E-state index contributed by atoms with van der Waals surface area (Å²) in [5.74, 6) is 0.232. The second kappa shape index (κ2) is 9.05. The van der Waals surface area contributed by atoms with Crippen molar-refractivity contribution in [1.29, 1.82) is 0 Å². The molecular weight excluding hydrogens is 407 g/mol. The minimum atomic E-state index is -0.298. The van der Waals surface area contributed by atoms with Crippen LogP contribution in [0.15, 0.2) is 18.5 Å². The molecule has 0 spiro atoms. The maximum Gasteiger partial charge on any atom is 0.256 e. The van der Waals surface area contributed by atoms with Crippen LogP contribution in [0.25, 0.3) is 11.2 Å². The maximum atomic E-state index is 12.4. The van der Waals surface area contributed by atoms with Crippen molar-refractivity contribution in [3.05, 3.63) is 34.1 Å². The predicted octanol–water partition coefficient (Wildman–Crippen LogP) is 3.18. The van der Waals surface area contributed by atoms with Crippen LogP contribution in [0.3, 0.4) is 0 Å². The molecule has 3 rings (SSSR count). The number of nitrogens with zero attached hydrogens (tertiary/aromatic N) is 3. The number of hydrogen-bond donors (Lipinski definition) is 3. The van der Waals surface area contributed by atoms with Gasteiger partial charge in [-0.05, 0) is 13.0 Å². The van der Waals surface area contributed by atoms with Crippen molar-refractivity contribution in [2.45, 2.75) is 6.92 Å². The summed E-state index contributed by atoms with van der Waals surface area (Å²) in [4.78, 5) is 28.1. The summed E-state index contributed by atoms with van der Waals surface area (Å²) in [6.45, 7) is 2.92. The molecule has 0 saturated heterocycles. The Labute approximate surface area is 170 Å². The molecule has 0 unspecified atom stereocenters. The lowest BCUT2D eigenvalue weighted by molar-refractivity contribution is 0.0946. The number of nitrogens with one attached hydrogen (secondary N) is 3. The van der Waals surface area contributed by atoms with Gasteiger partial charge in [-0.3, -0.25) is 9.78 Å². The van der Waals surface area contributed by atoms with Crippen molar-refractivity contribution in [2.24, 2.45) is 0 Å². The van der Waals surface area contributed by atoms with E-state index >= 15 is 0 Å². The molecule has 148 valence electrons. The molecule has 3 heterocycles. The quantitative estimate of drug-likeness (QED) is 0.475. The highest BCUT2D eigenvalue weighted by Crippen LogP contribution is 2.31. The molecule has 0 bridgehead atoms. The molecule has 3 N–H and O–H groups in total. The van der Waals surface area contributed by atoms with Crippen molar-refractivity contribution in [2.75, 3.05) is 32.2 Å². The zero-order valence-electron chi connectivity index (χ0n) is 15.2. The third kappa shape index (κ3) is 4.44. The van der Waals surface area contributed by atoms with E-state index in [1.807, 2.05) is 6.92 Å². The number of pyridine rings is 2. The Bertz CT molecular complexity index is 974. The first-order chi connectivity index (χ1) is 13.5. The van der Waals surface area contributed by atoms with Gasteiger partial charge >= 0.3 is 0 Å². The van der Waals surface area contributed by atoms with Crippen molar-refractivity contribution in [3.8, 4) is 5.88 Å². The number of methoxy groups -OCH3 is 1. The van der Waals surface area contributed by atoms with Crippen LogP contribution >= 0.6 is 23.2 Å². The SMILES string of the molecule is CCNC(=O)c1cc2[nH]c(Nc3c(Cl)cncc3Cl)nc2nc1OCCOC. The molecule has 0 aliphatic heterocycles. The monoisotopic (exact) mass is 424 g/mol. The molecule has 3 aromatic heterocycles. The zero-order chi connectivity index (χ0) is 20.1. The topological polar surface area (TPSA) is 114 Å². The Hall–Kier alpha value is -2.62. The van der Waals surface area contributed by atoms with Gasteiger partial charge < -0.3 is 25.1 Å². The molecule has 0 saturated carbocycles. The summed E-state index contributed by atoms with van der Waals surface area (Å²) in [5, 5.41) is 6.42. The number of aromatic amines is 1. The first-order valence-electron chi connectivity index (χ1n) is 8.40. The molecule has 28 heavy (non-hydrogen) atoms. The molecule has 3 aromatic rings. The van der Waals surface area contributed by atoms with E-state index in [1.165, 1.54) is 12.4 Å². The number of amides is 1. The lowest BCUT2D eigenvalue weighted by Crippen LogP contribution is -2.24. The van der Waals surface area contributed by atoms with Crippen LogP contribution in [0.2, 0.25) is 10.0 Å². The number of halogens is 2. The van der Waals surface area contributed by atoms with Gasteiger partial charge in [-0.25, -0.2) is 0 Å². The van der Waals surface area contributed by atoms with E-state index in [2.05, 4.69) is 30.6 Å². The summed E-state index contributed by atoms with van der Waals surface area (Å²) < 4.78 is 10.6. The molecule has 0 aliphatic rings. The first-order valence-corrected chi connectivity index (χ1v) is 9.15. The fraction of sp³-hybridized carbons (Fsp3) is 0.294. The average molecular weight is 425 g/mol. The molecule has 0 atom stereocenters. The lowest BCUT2D eigenvalue weighted by Gasteiger charge is -2.09. The highest BCUT2D eigenvalue weighted by atomic mass is 35.5. The van der Waals surface area contributed by atoms with Crippen LogP contribution in [0.4, 0.5) is 11.6 Å². The number of imidazole rings is 1. The van der Waals surface area contributed by atoms with Gasteiger partial charge in [0.2, 0.25) is 11.8 Å². The molecule has 0 aromatic carbocycles. The third-order valence-corrected chi connectivity index (χ3v) is 4.22. The first kappa shape index (κ1) is 20.1. The van der Waals surface area contributed by atoms with E-state index in [1.54, 1.807) is 13.2 Å². The third-order valence-electron chi connectivity index (χ3n) is 3.64. The Morgan fingerprint density at radius 1 is 1.21 bits per heavy atom. The summed E-state index contributed by atoms with van der Waals surface area (Å²) in [6.07, 6.45) is 2.93. The largest absolute Gasteiger partial charge is 0.475 e. The fourth-order valence-corrected chi connectivity index (χ4v) is 2.84. The smallest absolute Gasteiger partial charge is 0.256 e. The highest BCUT2D eigenvalue weighted by Gasteiger charge is 2.18. The molecule has 9 nitrogen and oxygen atoms in total. The van der Waals surface area contributed by atoms with Gasteiger partial charge in [0.1, 0.15) is 12.2 Å². The summed E-state index contributed by atoms with van der Waals surface area (Å²) in [6, 6.07) is 1.63. The molecule has 0 radical (unpaired) electrons. The van der Waals surface area contributed by atoms with Gasteiger partial charge in [0.15, 0.2) is 5.65 Å². The van der Waals surface area contributed by atoms with E-state index in [-0.39, 0.29) is 18.4 Å². The van der Waals surface area contributed by atoms with E-state index in [0.29, 0.717) is 51.6 Å². The van der Waals surface area contributed by atoms with E-state index in [4.69, 9.17) is 32.7 Å². The van der Waals surface area contributed by atoms with Crippen molar-refractivity contribution in [1.82, 2.24) is 25.3 Å². The number of ether oxygens (including phenoxy) is 2. The highest BCUT2D eigenvalue weighted by molar-refractivity contribution is 6.39. The Morgan fingerprint density at radius 3 is 2.64 bits per heavy atom.